The van der Waals surface area contributed by atoms with Crippen molar-refractivity contribution in [1.29, 1.82) is 0 Å². The number of benzene rings is 8. The highest BCUT2D eigenvalue weighted by atomic mass is 15.1. The molecule has 2 aromatic heterocycles. The number of para-hydroxylation sites is 2. The van der Waals surface area contributed by atoms with Gasteiger partial charge in [-0.25, -0.2) is 19.9 Å². The summed E-state index contributed by atoms with van der Waals surface area (Å²) in [5.74, 6) is 2.86. The first-order valence-electron chi connectivity index (χ1n) is 18.4. The highest BCUT2D eigenvalue weighted by Gasteiger charge is 2.17. The van der Waals surface area contributed by atoms with Crippen LogP contribution in [-0.4, -0.2) is 24.5 Å². The van der Waals surface area contributed by atoms with Crippen LogP contribution in [0, 0.1) is 0 Å². The fourth-order valence-corrected chi connectivity index (χ4v) is 7.32. The summed E-state index contributed by atoms with van der Waals surface area (Å²) < 4.78 is 2.24. The molecule has 55 heavy (non-hydrogen) atoms. The van der Waals surface area contributed by atoms with Crippen molar-refractivity contribution in [3.8, 4) is 73.5 Å². The van der Waals surface area contributed by atoms with Crippen molar-refractivity contribution in [3.63, 3.8) is 0 Å². The van der Waals surface area contributed by atoms with E-state index in [4.69, 9.17) is 19.9 Å². The standard InChI is InChI=1S/C50H33N5/c1-4-14-37(15-5-1)47-52-48(38-16-6-2-7-17-38)54-49(53-47)44-33-41(32-40-20-10-11-21-43(40)44)36-26-24-34(25-27-36)35-28-30-42(31-29-35)55-46-23-13-12-22-45(46)51-50(55)39-18-8-3-9-19-39/h1-33H. The quantitative estimate of drug-likeness (QED) is 0.166. The zero-order valence-corrected chi connectivity index (χ0v) is 29.8. The molecule has 0 aliphatic carbocycles. The van der Waals surface area contributed by atoms with Crippen molar-refractivity contribution in [3.05, 3.63) is 200 Å². The molecule has 0 radical (unpaired) electrons. The summed E-state index contributed by atoms with van der Waals surface area (Å²) in [6.45, 7) is 0. The van der Waals surface area contributed by atoms with Crippen molar-refractivity contribution in [1.82, 2.24) is 24.5 Å². The van der Waals surface area contributed by atoms with E-state index in [0.717, 1.165) is 77.8 Å². The number of aromatic nitrogens is 5. The van der Waals surface area contributed by atoms with E-state index in [-0.39, 0.29) is 0 Å². The predicted octanol–water partition coefficient (Wildman–Crippen LogP) is 12.4. The lowest BCUT2D eigenvalue weighted by Crippen LogP contribution is -2.00. The summed E-state index contributed by atoms with van der Waals surface area (Å²) in [4.78, 5) is 20.1. The van der Waals surface area contributed by atoms with E-state index in [0.29, 0.717) is 17.5 Å². The normalized spacial score (nSPS) is 11.3. The van der Waals surface area contributed by atoms with Crippen molar-refractivity contribution >= 4 is 21.8 Å². The molecule has 258 valence electrons. The van der Waals surface area contributed by atoms with Gasteiger partial charge in [-0.2, -0.15) is 0 Å². The van der Waals surface area contributed by atoms with Gasteiger partial charge in [0.15, 0.2) is 17.5 Å². The summed E-state index contributed by atoms with van der Waals surface area (Å²) in [5, 5.41) is 2.22. The van der Waals surface area contributed by atoms with Crippen molar-refractivity contribution in [2.75, 3.05) is 0 Å². The van der Waals surface area contributed by atoms with Crippen LogP contribution in [0.15, 0.2) is 200 Å². The van der Waals surface area contributed by atoms with Crippen molar-refractivity contribution in [2.24, 2.45) is 0 Å². The molecular formula is C50H33N5. The second-order valence-electron chi connectivity index (χ2n) is 13.5. The highest BCUT2D eigenvalue weighted by molar-refractivity contribution is 5.99. The third-order valence-corrected chi connectivity index (χ3v) is 10.1. The van der Waals surface area contributed by atoms with Gasteiger partial charge in [0.25, 0.3) is 0 Å². The Bertz CT molecular complexity index is 2880. The second-order valence-corrected chi connectivity index (χ2v) is 13.5. The molecule has 2 heterocycles. The van der Waals surface area contributed by atoms with Gasteiger partial charge < -0.3 is 0 Å². The van der Waals surface area contributed by atoms with Crippen molar-refractivity contribution in [2.45, 2.75) is 0 Å². The van der Waals surface area contributed by atoms with E-state index in [2.05, 4.69) is 132 Å². The van der Waals surface area contributed by atoms with Crippen LogP contribution in [0.25, 0.3) is 95.3 Å². The Kier molecular flexibility index (Phi) is 8.08. The van der Waals surface area contributed by atoms with Crippen molar-refractivity contribution < 1.29 is 0 Å². The number of nitrogens with zero attached hydrogens (tertiary/aromatic N) is 5. The topological polar surface area (TPSA) is 56.5 Å². The first-order chi connectivity index (χ1) is 27.2. The number of rotatable bonds is 7. The molecule has 0 aliphatic rings. The summed E-state index contributed by atoms with van der Waals surface area (Å²) in [6.07, 6.45) is 0. The summed E-state index contributed by atoms with van der Waals surface area (Å²) in [5.41, 5.74) is 11.6. The largest absolute Gasteiger partial charge is 0.292 e. The first kappa shape index (κ1) is 32.2. The third kappa shape index (κ3) is 6.14. The number of hydrogen-bond donors (Lipinski definition) is 0. The van der Waals surface area contributed by atoms with E-state index in [1.165, 1.54) is 0 Å². The molecular weight excluding hydrogens is 671 g/mol. The summed E-state index contributed by atoms with van der Waals surface area (Å²) in [6, 6.07) is 69.4. The van der Waals surface area contributed by atoms with Crippen LogP contribution in [0.5, 0.6) is 0 Å². The average molecular weight is 704 g/mol. The van der Waals surface area contributed by atoms with E-state index in [1.807, 2.05) is 72.8 Å². The predicted molar refractivity (Wildman–Crippen MR) is 225 cm³/mol. The van der Waals surface area contributed by atoms with Crippen LogP contribution in [0.4, 0.5) is 0 Å². The smallest absolute Gasteiger partial charge is 0.164 e. The minimum Gasteiger partial charge on any atom is -0.292 e. The molecule has 8 aromatic carbocycles. The monoisotopic (exact) mass is 703 g/mol. The van der Waals surface area contributed by atoms with E-state index in [9.17, 15) is 0 Å². The van der Waals surface area contributed by atoms with E-state index < -0.39 is 0 Å². The van der Waals surface area contributed by atoms with Gasteiger partial charge in [0.1, 0.15) is 5.82 Å². The molecule has 5 nitrogen and oxygen atoms in total. The maximum atomic E-state index is 5.07. The molecule has 0 saturated carbocycles. The number of hydrogen-bond acceptors (Lipinski definition) is 4. The molecule has 0 amide bonds. The maximum absolute atomic E-state index is 5.07. The van der Waals surface area contributed by atoms with Gasteiger partial charge in [-0.05, 0) is 69.4 Å². The SMILES string of the molecule is c1ccc(-c2nc(-c3ccccc3)nc(-c3cc(-c4ccc(-c5ccc(-n6c(-c7ccccc7)nc7ccccc76)cc5)cc4)cc4ccccc34)n2)cc1. The van der Waals surface area contributed by atoms with Crippen LogP contribution in [0.3, 0.4) is 0 Å². The lowest BCUT2D eigenvalue weighted by atomic mass is 9.95. The zero-order valence-electron chi connectivity index (χ0n) is 29.8. The molecule has 0 aliphatic heterocycles. The molecule has 0 spiro atoms. The van der Waals surface area contributed by atoms with Gasteiger partial charge >= 0.3 is 0 Å². The molecule has 10 rings (SSSR count). The van der Waals surface area contributed by atoms with Crippen LogP contribution in [-0.2, 0) is 0 Å². The average Bonchev–Trinajstić information content (AvgIpc) is 3.67. The minimum absolute atomic E-state index is 0.642. The van der Waals surface area contributed by atoms with Crippen LogP contribution in [0.1, 0.15) is 0 Å². The highest BCUT2D eigenvalue weighted by Crippen LogP contribution is 2.36. The van der Waals surface area contributed by atoms with Gasteiger partial charge in [0, 0.05) is 27.9 Å². The Hall–Kier alpha value is -7.50. The fourth-order valence-electron chi connectivity index (χ4n) is 7.32. The molecule has 0 unspecified atom stereocenters. The molecule has 10 aromatic rings. The summed E-state index contributed by atoms with van der Waals surface area (Å²) in [7, 11) is 0. The van der Waals surface area contributed by atoms with E-state index in [1.54, 1.807) is 0 Å². The Balaban J connectivity index is 1.02. The molecule has 0 N–H and O–H groups in total. The number of imidazole rings is 1. The lowest BCUT2D eigenvalue weighted by molar-refractivity contribution is 1.08. The van der Waals surface area contributed by atoms with Gasteiger partial charge in [-0.3, -0.25) is 4.57 Å². The maximum Gasteiger partial charge on any atom is 0.164 e. The van der Waals surface area contributed by atoms with Gasteiger partial charge in [0.05, 0.1) is 11.0 Å². The van der Waals surface area contributed by atoms with Crippen LogP contribution >= 0.6 is 0 Å². The van der Waals surface area contributed by atoms with Gasteiger partial charge in [-0.15, -0.1) is 0 Å². The zero-order chi connectivity index (χ0) is 36.6. The number of fused-ring (bicyclic) bond motifs is 2. The molecule has 0 saturated heterocycles. The Morgan fingerprint density at radius 2 is 0.818 bits per heavy atom. The molecule has 0 atom stereocenters. The molecule has 0 fully saturated rings. The first-order valence-corrected chi connectivity index (χ1v) is 18.4. The molecule has 0 bridgehead atoms. The van der Waals surface area contributed by atoms with Crippen LogP contribution < -0.4 is 0 Å². The van der Waals surface area contributed by atoms with E-state index >= 15 is 0 Å². The Morgan fingerprint density at radius 3 is 1.45 bits per heavy atom. The lowest BCUT2D eigenvalue weighted by Gasteiger charge is -2.13. The Morgan fingerprint density at radius 1 is 0.327 bits per heavy atom. The third-order valence-electron chi connectivity index (χ3n) is 10.1. The minimum atomic E-state index is 0.642. The van der Waals surface area contributed by atoms with Crippen LogP contribution in [0.2, 0.25) is 0 Å². The fraction of sp³-hybridized carbons (Fsp3) is 0. The van der Waals surface area contributed by atoms with Gasteiger partial charge in [-0.1, -0.05) is 164 Å². The Labute approximate surface area is 318 Å². The summed E-state index contributed by atoms with van der Waals surface area (Å²) >= 11 is 0. The molecule has 5 heteroatoms. The van der Waals surface area contributed by atoms with Gasteiger partial charge in [0.2, 0.25) is 0 Å². The second kappa shape index (κ2) is 13.8.